The summed E-state index contributed by atoms with van der Waals surface area (Å²) in [5, 5.41) is 7.85. The van der Waals surface area contributed by atoms with Gasteiger partial charge in [-0.2, -0.15) is 0 Å². The second-order valence-corrected chi connectivity index (χ2v) is 6.64. The molecule has 7 heteroatoms. The average molecular weight is 383 g/mol. The van der Waals surface area contributed by atoms with Crippen LogP contribution in [-0.2, 0) is 16.1 Å². The van der Waals surface area contributed by atoms with Gasteiger partial charge < -0.3 is 20.7 Å². The molecule has 0 radical (unpaired) electrons. The van der Waals surface area contributed by atoms with Gasteiger partial charge in [0.05, 0.1) is 18.4 Å². The lowest BCUT2D eigenvalue weighted by Crippen LogP contribution is -2.37. The lowest BCUT2D eigenvalue weighted by molar-refractivity contribution is -0.136. The number of amides is 3. The van der Waals surface area contributed by atoms with Crippen molar-refractivity contribution in [1.82, 2.24) is 10.6 Å². The molecule has 0 aromatic heterocycles. The third-order valence-electron chi connectivity index (χ3n) is 3.88. The van der Waals surface area contributed by atoms with Gasteiger partial charge in [-0.15, -0.1) is 0 Å². The number of hydrogen-bond donors (Lipinski definition) is 3. The topological polar surface area (TPSA) is 96.5 Å². The van der Waals surface area contributed by atoms with Crippen LogP contribution in [0.2, 0.25) is 0 Å². The summed E-state index contributed by atoms with van der Waals surface area (Å²) >= 11 is 0. The quantitative estimate of drug-likeness (QED) is 0.640. The van der Waals surface area contributed by atoms with E-state index in [9.17, 15) is 14.4 Å². The summed E-state index contributed by atoms with van der Waals surface area (Å²) in [5.74, 6) is -0.978. The largest absolute Gasteiger partial charge is 0.497 e. The van der Waals surface area contributed by atoms with Gasteiger partial charge in [-0.05, 0) is 35.7 Å². The van der Waals surface area contributed by atoms with E-state index in [0.717, 1.165) is 5.56 Å². The van der Waals surface area contributed by atoms with Crippen LogP contribution < -0.4 is 20.7 Å². The summed E-state index contributed by atoms with van der Waals surface area (Å²) in [6, 6.07) is 13.9. The number of para-hydroxylation sites is 1. The summed E-state index contributed by atoms with van der Waals surface area (Å²) in [6.45, 7) is 4.56. The Labute approximate surface area is 164 Å². The first kappa shape index (κ1) is 21.0. The molecular formula is C21H25N3O4. The van der Waals surface area contributed by atoms with Crippen LogP contribution in [0.5, 0.6) is 5.75 Å². The van der Waals surface area contributed by atoms with Gasteiger partial charge in [0.1, 0.15) is 5.75 Å². The molecule has 7 nitrogen and oxygen atoms in total. The number of anilines is 1. The molecule has 0 aliphatic rings. The van der Waals surface area contributed by atoms with Crippen molar-refractivity contribution >= 4 is 23.4 Å². The van der Waals surface area contributed by atoms with Crippen molar-refractivity contribution in [3.8, 4) is 5.75 Å². The zero-order valence-electron chi connectivity index (χ0n) is 16.2. The zero-order chi connectivity index (χ0) is 20.5. The van der Waals surface area contributed by atoms with Crippen LogP contribution in [0.25, 0.3) is 0 Å². The summed E-state index contributed by atoms with van der Waals surface area (Å²) in [6.07, 6.45) is 0. The third-order valence-corrected chi connectivity index (χ3v) is 3.88. The number of hydrogen-bond acceptors (Lipinski definition) is 4. The van der Waals surface area contributed by atoms with Gasteiger partial charge in [-0.25, -0.2) is 0 Å². The highest BCUT2D eigenvalue weighted by Gasteiger charge is 2.17. The summed E-state index contributed by atoms with van der Waals surface area (Å²) in [7, 11) is 1.58. The van der Waals surface area contributed by atoms with Crippen molar-refractivity contribution in [3.05, 3.63) is 59.7 Å². The predicted octanol–water partition coefficient (Wildman–Crippen LogP) is 2.34. The Bertz CT molecular complexity index is 849. The third kappa shape index (κ3) is 6.12. The minimum atomic E-state index is -0.811. The minimum absolute atomic E-state index is 0.228. The van der Waals surface area contributed by atoms with E-state index in [1.54, 1.807) is 31.4 Å². The maximum atomic E-state index is 12.6. The van der Waals surface area contributed by atoms with E-state index >= 15 is 0 Å². The predicted molar refractivity (Wildman–Crippen MR) is 107 cm³/mol. The van der Waals surface area contributed by atoms with Crippen LogP contribution in [-0.4, -0.2) is 31.4 Å². The fraction of sp³-hybridized carbons (Fsp3) is 0.286. The Morgan fingerprint density at radius 2 is 1.71 bits per heavy atom. The van der Waals surface area contributed by atoms with Crippen molar-refractivity contribution in [3.63, 3.8) is 0 Å². The van der Waals surface area contributed by atoms with Gasteiger partial charge in [0, 0.05) is 13.1 Å². The van der Waals surface area contributed by atoms with Crippen molar-refractivity contribution < 1.29 is 19.1 Å². The lowest BCUT2D eigenvalue weighted by atomic mass is 10.1. The van der Waals surface area contributed by atoms with Crippen LogP contribution in [0, 0.1) is 5.92 Å². The van der Waals surface area contributed by atoms with Gasteiger partial charge in [0.2, 0.25) is 0 Å². The summed E-state index contributed by atoms with van der Waals surface area (Å²) in [4.78, 5) is 36.5. The molecule has 0 saturated carbocycles. The Kier molecular flexibility index (Phi) is 7.56. The zero-order valence-corrected chi connectivity index (χ0v) is 16.2. The molecule has 0 atom stereocenters. The normalized spacial score (nSPS) is 10.3. The number of ether oxygens (including phenoxy) is 1. The molecule has 0 fully saturated rings. The monoisotopic (exact) mass is 383 g/mol. The SMILES string of the molecule is COc1cccc(CNC(=O)c2ccccc2NC(=O)C(=O)NCC(C)C)c1. The van der Waals surface area contributed by atoms with E-state index in [-0.39, 0.29) is 23.1 Å². The molecule has 0 heterocycles. The molecule has 28 heavy (non-hydrogen) atoms. The first-order valence-electron chi connectivity index (χ1n) is 9.00. The molecule has 0 aliphatic carbocycles. The highest BCUT2D eigenvalue weighted by Crippen LogP contribution is 2.16. The Hall–Kier alpha value is -3.35. The fourth-order valence-electron chi connectivity index (χ4n) is 2.41. The second-order valence-electron chi connectivity index (χ2n) is 6.64. The molecule has 2 rings (SSSR count). The van der Waals surface area contributed by atoms with E-state index in [1.165, 1.54) is 0 Å². The lowest BCUT2D eigenvalue weighted by Gasteiger charge is -2.12. The maximum absolute atomic E-state index is 12.6. The molecule has 3 N–H and O–H groups in total. The average Bonchev–Trinajstić information content (AvgIpc) is 2.70. The number of methoxy groups -OCH3 is 1. The molecule has 2 aromatic rings. The van der Waals surface area contributed by atoms with Crippen molar-refractivity contribution in [1.29, 1.82) is 0 Å². The van der Waals surface area contributed by atoms with Crippen LogP contribution in [0.15, 0.2) is 48.5 Å². The van der Waals surface area contributed by atoms with E-state index in [0.29, 0.717) is 18.8 Å². The molecule has 0 unspecified atom stereocenters. The maximum Gasteiger partial charge on any atom is 0.313 e. The van der Waals surface area contributed by atoms with Gasteiger partial charge in [-0.1, -0.05) is 38.1 Å². The minimum Gasteiger partial charge on any atom is -0.497 e. The molecule has 0 spiro atoms. The van der Waals surface area contributed by atoms with Crippen LogP contribution in [0.1, 0.15) is 29.8 Å². The number of rotatable bonds is 7. The van der Waals surface area contributed by atoms with E-state index in [4.69, 9.17) is 4.74 Å². The first-order chi connectivity index (χ1) is 13.4. The Balaban J connectivity index is 2.02. The van der Waals surface area contributed by atoms with Gasteiger partial charge in [-0.3, -0.25) is 14.4 Å². The van der Waals surface area contributed by atoms with Gasteiger partial charge in [0.15, 0.2) is 0 Å². The molecule has 148 valence electrons. The number of benzene rings is 2. The molecule has 3 amide bonds. The molecule has 2 aromatic carbocycles. The number of nitrogens with one attached hydrogen (secondary N) is 3. The van der Waals surface area contributed by atoms with Crippen LogP contribution in [0.3, 0.4) is 0 Å². The molecule has 0 bridgehead atoms. The number of carbonyl (C=O) groups is 3. The highest BCUT2D eigenvalue weighted by molar-refractivity contribution is 6.40. The fourth-order valence-corrected chi connectivity index (χ4v) is 2.41. The Morgan fingerprint density at radius 3 is 2.43 bits per heavy atom. The van der Waals surface area contributed by atoms with E-state index in [2.05, 4.69) is 16.0 Å². The van der Waals surface area contributed by atoms with Crippen molar-refractivity contribution in [2.45, 2.75) is 20.4 Å². The molecule has 0 saturated heterocycles. The van der Waals surface area contributed by atoms with Gasteiger partial charge >= 0.3 is 11.8 Å². The number of carbonyl (C=O) groups excluding carboxylic acids is 3. The van der Waals surface area contributed by atoms with Crippen LogP contribution in [0.4, 0.5) is 5.69 Å². The summed E-state index contributed by atoms with van der Waals surface area (Å²) < 4.78 is 5.17. The highest BCUT2D eigenvalue weighted by atomic mass is 16.5. The standard InChI is InChI=1S/C21H25N3O4/c1-14(2)12-22-20(26)21(27)24-18-10-5-4-9-17(18)19(25)23-13-15-7-6-8-16(11-15)28-3/h4-11,14H,12-13H2,1-3H3,(H,22,26)(H,23,25)(H,24,27). The smallest absolute Gasteiger partial charge is 0.313 e. The van der Waals surface area contributed by atoms with Crippen molar-refractivity contribution in [2.75, 3.05) is 19.0 Å². The Morgan fingerprint density at radius 1 is 0.964 bits per heavy atom. The second kappa shape index (κ2) is 10.1. The van der Waals surface area contributed by atoms with Gasteiger partial charge in [0.25, 0.3) is 5.91 Å². The van der Waals surface area contributed by atoms with Crippen LogP contribution >= 0.6 is 0 Å². The summed E-state index contributed by atoms with van der Waals surface area (Å²) in [5.41, 5.74) is 1.42. The van der Waals surface area contributed by atoms with E-state index in [1.807, 2.05) is 38.1 Å². The molecule has 0 aliphatic heterocycles. The molecular weight excluding hydrogens is 358 g/mol. The van der Waals surface area contributed by atoms with Crippen molar-refractivity contribution in [2.24, 2.45) is 5.92 Å². The van der Waals surface area contributed by atoms with E-state index < -0.39 is 11.8 Å². The first-order valence-corrected chi connectivity index (χ1v) is 9.00.